The summed E-state index contributed by atoms with van der Waals surface area (Å²) in [7, 11) is 0. The van der Waals surface area contributed by atoms with Crippen molar-refractivity contribution in [1.29, 1.82) is 5.26 Å². The first kappa shape index (κ1) is 19.1. The Bertz CT molecular complexity index is 1090. The number of rotatable bonds is 3. The maximum Gasteiger partial charge on any atom is 0.412 e. The van der Waals surface area contributed by atoms with Gasteiger partial charge in [0, 0.05) is 22.8 Å². The highest BCUT2D eigenvalue weighted by Gasteiger charge is 2.24. The second-order valence-electron chi connectivity index (χ2n) is 8.57. The molecular formula is C24H25N3O2. The number of benzene rings is 2. The van der Waals surface area contributed by atoms with E-state index in [-0.39, 0.29) is 0 Å². The lowest BCUT2D eigenvalue weighted by atomic mass is 9.92. The molecule has 5 heteroatoms. The predicted octanol–water partition coefficient (Wildman–Crippen LogP) is 6.25. The molecule has 1 amide bonds. The van der Waals surface area contributed by atoms with Crippen molar-refractivity contribution in [2.45, 2.75) is 51.7 Å². The number of nitriles is 1. The first-order valence-corrected chi connectivity index (χ1v) is 9.99. The van der Waals surface area contributed by atoms with Gasteiger partial charge in [-0.3, -0.25) is 5.32 Å². The molecule has 0 radical (unpaired) electrons. The van der Waals surface area contributed by atoms with Gasteiger partial charge in [-0.15, -0.1) is 0 Å². The van der Waals surface area contributed by atoms with E-state index in [4.69, 9.17) is 4.74 Å². The molecular weight excluding hydrogens is 362 g/mol. The van der Waals surface area contributed by atoms with Crippen molar-refractivity contribution in [3.63, 3.8) is 0 Å². The fourth-order valence-electron chi connectivity index (χ4n) is 3.70. The molecule has 1 saturated carbocycles. The Kier molecular flexibility index (Phi) is 4.79. The van der Waals surface area contributed by atoms with Gasteiger partial charge in [0.05, 0.1) is 17.1 Å². The number of ether oxygens (including phenoxy) is 1. The molecule has 4 rings (SSSR count). The topological polar surface area (TPSA) is 67.0 Å². The summed E-state index contributed by atoms with van der Waals surface area (Å²) < 4.78 is 7.68. The minimum absolute atomic E-state index is 0.460. The molecule has 0 atom stereocenters. The fraction of sp³-hybridized carbons (Fsp3) is 0.333. The molecule has 0 saturated heterocycles. The van der Waals surface area contributed by atoms with Gasteiger partial charge < -0.3 is 9.30 Å². The summed E-state index contributed by atoms with van der Waals surface area (Å²) in [5, 5.41) is 13.2. The molecule has 2 aromatic carbocycles. The number of hydrogen-bond donors (Lipinski definition) is 1. The van der Waals surface area contributed by atoms with Crippen LogP contribution in [0.5, 0.6) is 0 Å². The zero-order valence-electron chi connectivity index (χ0n) is 17.0. The summed E-state index contributed by atoms with van der Waals surface area (Å²) in [6.45, 7) is 5.52. The molecule has 1 N–H and O–H groups in total. The quantitative estimate of drug-likeness (QED) is 0.577. The largest absolute Gasteiger partial charge is 0.444 e. The lowest BCUT2D eigenvalue weighted by Crippen LogP contribution is -2.27. The number of fused-ring (bicyclic) bond motifs is 1. The van der Waals surface area contributed by atoms with Crippen molar-refractivity contribution in [3.8, 4) is 17.3 Å². The third kappa shape index (κ3) is 3.97. The van der Waals surface area contributed by atoms with Gasteiger partial charge in [0.15, 0.2) is 0 Å². The maximum absolute atomic E-state index is 12.0. The van der Waals surface area contributed by atoms with E-state index in [2.05, 4.69) is 22.0 Å². The minimum atomic E-state index is -0.532. The number of nitrogens with zero attached hydrogens (tertiary/aromatic N) is 2. The highest BCUT2D eigenvalue weighted by molar-refractivity contribution is 5.89. The van der Waals surface area contributed by atoms with Gasteiger partial charge in [-0.2, -0.15) is 5.26 Å². The van der Waals surface area contributed by atoms with Crippen molar-refractivity contribution in [3.05, 3.63) is 54.1 Å². The minimum Gasteiger partial charge on any atom is -0.444 e. The monoisotopic (exact) mass is 387 g/mol. The van der Waals surface area contributed by atoms with E-state index in [9.17, 15) is 10.1 Å². The smallest absolute Gasteiger partial charge is 0.412 e. The molecule has 0 aliphatic heterocycles. The summed E-state index contributed by atoms with van der Waals surface area (Å²) in [5.74, 6) is 0. The highest BCUT2D eigenvalue weighted by atomic mass is 16.6. The van der Waals surface area contributed by atoms with Crippen molar-refractivity contribution < 1.29 is 9.53 Å². The van der Waals surface area contributed by atoms with E-state index in [1.807, 2.05) is 63.2 Å². The van der Waals surface area contributed by atoms with E-state index < -0.39 is 11.7 Å². The Morgan fingerprint density at radius 3 is 2.45 bits per heavy atom. The molecule has 1 aliphatic carbocycles. The normalized spacial score (nSPS) is 14.3. The van der Waals surface area contributed by atoms with E-state index >= 15 is 0 Å². The zero-order chi connectivity index (χ0) is 20.6. The molecule has 29 heavy (non-hydrogen) atoms. The molecule has 1 aliphatic rings. The van der Waals surface area contributed by atoms with Gasteiger partial charge in [0.25, 0.3) is 0 Å². The summed E-state index contributed by atoms with van der Waals surface area (Å²) in [6.07, 6.45) is 3.09. The Balaban J connectivity index is 1.66. The molecule has 148 valence electrons. The molecule has 5 nitrogen and oxygen atoms in total. The lowest BCUT2D eigenvalue weighted by Gasteiger charge is -2.30. The predicted molar refractivity (Wildman–Crippen MR) is 115 cm³/mol. The van der Waals surface area contributed by atoms with Crippen LogP contribution in [0, 0.1) is 11.3 Å². The van der Waals surface area contributed by atoms with Crippen LogP contribution in [0.2, 0.25) is 0 Å². The Labute approximate surface area is 170 Å². The second-order valence-corrected chi connectivity index (χ2v) is 8.57. The van der Waals surface area contributed by atoms with Crippen LogP contribution in [0.4, 0.5) is 10.5 Å². The second kappa shape index (κ2) is 7.29. The third-order valence-corrected chi connectivity index (χ3v) is 5.24. The van der Waals surface area contributed by atoms with Crippen LogP contribution in [0.25, 0.3) is 22.2 Å². The van der Waals surface area contributed by atoms with Crippen LogP contribution in [0.15, 0.2) is 48.5 Å². The lowest BCUT2D eigenvalue weighted by molar-refractivity contribution is 0.0636. The third-order valence-electron chi connectivity index (χ3n) is 5.24. The number of amides is 1. The summed E-state index contributed by atoms with van der Waals surface area (Å²) in [4.78, 5) is 12.0. The molecule has 0 unspecified atom stereocenters. The zero-order valence-corrected chi connectivity index (χ0v) is 17.0. The van der Waals surface area contributed by atoms with Crippen LogP contribution >= 0.6 is 0 Å². The molecule has 1 fully saturated rings. The van der Waals surface area contributed by atoms with E-state index in [1.165, 1.54) is 6.42 Å². The number of anilines is 1. The van der Waals surface area contributed by atoms with Crippen LogP contribution in [-0.4, -0.2) is 16.3 Å². The van der Waals surface area contributed by atoms with Crippen molar-refractivity contribution in [2.24, 2.45) is 0 Å². The van der Waals surface area contributed by atoms with Crippen molar-refractivity contribution in [2.75, 3.05) is 5.32 Å². The van der Waals surface area contributed by atoms with Crippen molar-refractivity contribution >= 4 is 22.7 Å². The van der Waals surface area contributed by atoms with E-state index in [0.717, 1.165) is 35.0 Å². The molecule has 0 bridgehead atoms. The first-order valence-electron chi connectivity index (χ1n) is 9.99. The number of aromatic nitrogens is 1. The van der Waals surface area contributed by atoms with Crippen LogP contribution in [-0.2, 0) is 4.74 Å². The van der Waals surface area contributed by atoms with Gasteiger partial charge in [0.1, 0.15) is 5.60 Å². The average Bonchev–Trinajstić information content (AvgIpc) is 2.97. The van der Waals surface area contributed by atoms with Crippen LogP contribution in [0.3, 0.4) is 0 Å². The number of carbonyl (C=O) groups is 1. The standard InChI is InChI=1S/C24H25N3O2/c1-24(2,3)29-23(28)26-19-11-9-17(10-12-19)22-14-18-8-7-16(15-25)13-21(18)27(22)20-5-4-6-20/h7-14,20H,4-6H2,1-3H3,(H,26,28). The Morgan fingerprint density at radius 1 is 1.14 bits per heavy atom. The molecule has 1 heterocycles. The number of hydrogen-bond acceptors (Lipinski definition) is 3. The van der Waals surface area contributed by atoms with Crippen LogP contribution in [0.1, 0.15) is 51.6 Å². The van der Waals surface area contributed by atoms with Gasteiger partial charge in [-0.1, -0.05) is 18.2 Å². The number of nitrogens with one attached hydrogen (secondary N) is 1. The van der Waals surface area contributed by atoms with E-state index in [0.29, 0.717) is 17.3 Å². The van der Waals surface area contributed by atoms with Gasteiger partial charge in [-0.05, 0) is 75.9 Å². The Hall–Kier alpha value is -3.26. The Morgan fingerprint density at radius 2 is 1.86 bits per heavy atom. The molecule has 1 aromatic heterocycles. The maximum atomic E-state index is 12.0. The van der Waals surface area contributed by atoms with Crippen LogP contribution < -0.4 is 5.32 Å². The molecule has 0 spiro atoms. The molecule has 3 aromatic rings. The fourth-order valence-corrected chi connectivity index (χ4v) is 3.70. The number of carbonyl (C=O) groups excluding carboxylic acids is 1. The first-order chi connectivity index (χ1) is 13.8. The summed E-state index contributed by atoms with van der Waals surface area (Å²) >= 11 is 0. The van der Waals surface area contributed by atoms with E-state index in [1.54, 1.807) is 0 Å². The van der Waals surface area contributed by atoms with Gasteiger partial charge >= 0.3 is 6.09 Å². The van der Waals surface area contributed by atoms with Gasteiger partial charge in [-0.25, -0.2) is 4.79 Å². The highest BCUT2D eigenvalue weighted by Crippen LogP contribution is 2.40. The summed E-state index contributed by atoms with van der Waals surface area (Å²) in [5.41, 5.74) is 4.18. The van der Waals surface area contributed by atoms with Crippen molar-refractivity contribution in [1.82, 2.24) is 4.57 Å². The summed E-state index contributed by atoms with van der Waals surface area (Å²) in [6, 6.07) is 18.6. The average molecular weight is 387 g/mol. The van der Waals surface area contributed by atoms with Gasteiger partial charge in [0.2, 0.25) is 0 Å². The SMILES string of the molecule is CC(C)(C)OC(=O)Nc1ccc(-c2cc3ccc(C#N)cc3n2C2CCC2)cc1.